The molecule has 11 heteroatoms. The van der Waals surface area contributed by atoms with Crippen molar-refractivity contribution in [2.24, 2.45) is 0 Å². The summed E-state index contributed by atoms with van der Waals surface area (Å²) in [6.45, 7) is 3.10. The molecule has 4 aromatic heterocycles. The number of aromatic nitrogens is 6. The molecular formula is C31H24N8O3. The van der Waals surface area contributed by atoms with Crippen LogP contribution in [0, 0.1) is 11.8 Å². The lowest BCUT2D eigenvalue weighted by Gasteiger charge is -2.21. The van der Waals surface area contributed by atoms with Crippen molar-refractivity contribution in [3.8, 4) is 23.4 Å². The number of nitrogen functional groups attached to an aromatic ring is 1. The van der Waals surface area contributed by atoms with Crippen LogP contribution in [0.1, 0.15) is 40.3 Å². The summed E-state index contributed by atoms with van der Waals surface area (Å²) < 4.78 is 10.4. The second-order valence-electron chi connectivity index (χ2n) is 9.85. The molecule has 0 radical (unpaired) electrons. The van der Waals surface area contributed by atoms with Gasteiger partial charge in [-0.2, -0.15) is 5.10 Å². The summed E-state index contributed by atoms with van der Waals surface area (Å²) in [4.78, 5) is 31.9. The molecule has 0 fully saturated rings. The summed E-state index contributed by atoms with van der Waals surface area (Å²) in [7, 11) is 0. The molecule has 1 amide bonds. The molecule has 0 saturated carbocycles. The van der Waals surface area contributed by atoms with E-state index in [1.165, 1.54) is 4.52 Å². The number of para-hydroxylation sites is 1. The highest BCUT2D eigenvalue weighted by atomic mass is 16.5. The highest BCUT2D eigenvalue weighted by Crippen LogP contribution is 2.25. The van der Waals surface area contributed by atoms with Gasteiger partial charge in [-0.15, -0.1) is 5.10 Å². The van der Waals surface area contributed by atoms with Crippen molar-refractivity contribution in [3.63, 3.8) is 0 Å². The van der Waals surface area contributed by atoms with Crippen molar-refractivity contribution in [2.75, 3.05) is 12.3 Å². The zero-order valence-electron chi connectivity index (χ0n) is 22.5. The van der Waals surface area contributed by atoms with Crippen LogP contribution in [0.3, 0.4) is 0 Å². The van der Waals surface area contributed by atoms with Crippen LogP contribution in [0.15, 0.2) is 83.9 Å². The number of hydrogen-bond acceptors (Lipinski definition) is 7. The van der Waals surface area contributed by atoms with Crippen LogP contribution in [0.5, 0.6) is 5.88 Å². The summed E-state index contributed by atoms with van der Waals surface area (Å²) >= 11 is 0. The number of nitrogens with two attached hydrogens (primary N) is 1. The monoisotopic (exact) mass is 556 g/mol. The van der Waals surface area contributed by atoms with E-state index >= 15 is 0 Å². The molecule has 0 unspecified atom stereocenters. The Balaban J connectivity index is 1.33. The highest BCUT2D eigenvalue weighted by Gasteiger charge is 2.24. The molecule has 7 rings (SSSR count). The van der Waals surface area contributed by atoms with Gasteiger partial charge in [0.25, 0.3) is 11.5 Å². The molecule has 1 aliphatic rings. The molecule has 0 spiro atoms. The Hall–Kier alpha value is -5.89. The second kappa shape index (κ2) is 9.94. The SMILES string of the molecule is C[C@H](NC(=O)c1c(N)nn2cccnc12)c1cc2cccc(C#Cc3cc4n(n3)CCO4)c2c(=O)n1-c1ccccc1. The Labute approximate surface area is 239 Å². The number of hydrogen-bond donors (Lipinski definition) is 2. The Morgan fingerprint density at radius 3 is 2.76 bits per heavy atom. The Morgan fingerprint density at radius 2 is 1.93 bits per heavy atom. The van der Waals surface area contributed by atoms with Gasteiger partial charge in [-0.3, -0.25) is 14.2 Å². The first kappa shape index (κ1) is 25.1. The first-order valence-electron chi connectivity index (χ1n) is 13.3. The van der Waals surface area contributed by atoms with Gasteiger partial charge in [-0.1, -0.05) is 36.3 Å². The number of carbonyl (C=O) groups excluding carboxylic acids is 1. The number of carbonyl (C=O) groups is 1. The van der Waals surface area contributed by atoms with Gasteiger partial charge in [-0.05, 0) is 48.6 Å². The third-order valence-corrected chi connectivity index (χ3v) is 7.15. The number of nitrogens with one attached hydrogen (secondary N) is 1. The van der Waals surface area contributed by atoms with Crippen LogP contribution in [0.25, 0.3) is 22.1 Å². The molecule has 2 aromatic carbocycles. The maximum absolute atomic E-state index is 14.2. The Bertz CT molecular complexity index is 2110. The predicted molar refractivity (Wildman–Crippen MR) is 157 cm³/mol. The molecular weight excluding hydrogens is 532 g/mol. The molecule has 1 aliphatic heterocycles. The Kier molecular flexibility index (Phi) is 5.94. The molecule has 1 atom stereocenters. The Morgan fingerprint density at radius 1 is 1.07 bits per heavy atom. The van der Waals surface area contributed by atoms with E-state index in [0.29, 0.717) is 58.1 Å². The quantitative estimate of drug-likeness (QED) is 0.319. The first-order valence-corrected chi connectivity index (χ1v) is 13.3. The smallest absolute Gasteiger partial charge is 0.264 e. The first-order chi connectivity index (χ1) is 20.5. The van der Waals surface area contributed by atoms with E-state index in [9.17, 15) is 9.59 Å². The fourth-order valence-corrected chi connectivity index (χ4v) is 5.22. The number of pyridine rings is 1. The second-order valence-corrected chi connectivity index (χ2v) is 9.85. The van der Waals surface area contributed by atoms with E-state index < -0.39 is 11.9 Å². The summed E-state index contributed by atoms with van der Waals surface area (Å²) in [6.07, 6.45) is 3.24. The zero-order chi connectivity index (χ0) is 28.8. The molecule has 3 N–H and O–H groups in total. The van der Waals surface area contributed by atoms with Gasteiger partial charge in [-0.25, -0.2) is 14.2 Å². The van der Waals surface area contributed by atoms with Crippen LogP contribution in [-0.4, -0.2) is 41.5 Å². The largest absolute Gasteiger partial charge is 0.476 e. The number of amides is 1. The molecule has 6 aromatic rings. The third-order valence-electron chi connectivity index (χ3n) is 7.15. The van der Waals surface area contributed by atoms with Crippen molar-refractivity contribution in [1.29, 1.82) is 0 Å². The van der Waals surface area contributed by atoms with Gasteiger partial charge in [0.05, 0.1) is 18.0 Å². The number of fused-ring (bicyclic) bond motifs is 3. The molecule has 42 heavy (non-hydrogen) atoms. The third kappa shape index (κ3) is 4.22. The normalized spacial score (nSPS) is 12.9. The fourth-order valence-electron chi connectivity index (χ4n) is 5.22. The van der Waals surface area contributed by atoms with Crippen LogP contribution >= 0.6 is 0 Å². The van der Waals surface area contributed by atoms with Crippen LogP contribution in [-0.2, 0) is 6.54 Å². The van der Waals surface area contributed by atoms with E-state index in [4.69, 9.17) is 10.5 Å². The van der Waals surface area contributed by atoms with Crippen LogP contribution in [0.4, 0.5) is 5.82 Å². The average molecular weight is 557 g/mol. The maximum atomic E-state index is 14.2. The minimum Gasteiger partial charge on any atom is -0.476 e. The van der Waals surface area contributed by atoms with Crippen molar-refractivity contribution in [3.05, 3.63) is 112 Å². The molecule has 0 saturated heterocycles. The number of anilines is 1. The molecule has 0 bridgehead atoms. The summed E-state index contributed by atoms with van der Waals surface area (Å²) in [5, 5.41) is 12.8. The van der Waals surface area contributed by atoms with Crippen molar-refractivity contribution < 1.29 is 9.53 Å². The molecule has 5 heterocycles. The number of rotatable bonds is 4. The minimum absolute atomic E-state index is 0.0649. The van der Waals surface area contributed by atoms with E-state index in [1.54, 1.807) is 33.8 Å². The van der Waals surface area contributed by atoms with Crippen molar-refractivity contribution in [2.45, 2.75) is 19.5 Å². The van der Waals surface area contributed by atoms with Crippen LogP contribution < -0.4 is 21.3 Å². The topological polar surface area (TPSA) is 134 Å². The standard InChI is InChI=1S/C31H24N8O3/c1-19(34-30(40)27-28(32)36-38-14-6-13-33-29(27)38)24-17-21-8-5-7-20(11-12-22-18-25-37(35-22)15-16-42-25)26(21)31(41)39(24)23-9-3-2-4-10-23/h2-10,13-14,17-19H,15-16H2,1H3,(H2,32,36)(H,34,40)/t19-/m0/s1. The average Bonchev–Trinajstić information content (AvgIpc) is 3.69. The van der Waals surface area contributed by atoms with Gasteiger partial charge >= 0.3 is 0 Å². The van der Waals surface area contributed by atoms with E-state index in [0.717, 1.165) is 0 Å². The number of nitrogens with zero attached hydrogens (tertiary/aromatic N) is 6. The lowest BCUT2D eigenvalue weighted by atomic mass is 10.0. The minimum atomic E-state index is -0.587. The predicted octanol–water partition coefficient (Wildman–Crippen LogP) is 3.10. The van der Waals surface area contributed by atoms with Gasteiger partial charge in [0.2, 0.25) is 5.88 Å². The van der Waals surface area contributed by atoms with Gasteiger partial charge in [0.1, 0.15) is 17.9 Å². The van der Waals surface area contributed by atoms with Crippen LogP contribution in [0.2, 0.25) is 0 Å². The zero-order valence-corrected chi connectivity index (χ0v) is 22.5. The van der Waals surface area contributed by atoms with Gasteiger partial charge in [0.15, 0.2) is 11.5 Å². The lowest BCUT2D eigenvalue weighted by molar-refractivity contribution is 0.0941. The van der Waals surface area contributed by atoms with Gasteiger partial charge < -0.3 is 15.8 Å². The number of ether oxygens (including phenoxy) is 1. The van der Waals surface area contributed by atoms with E-state index in [2.05, 4.69) is 32.3 Å². The van der Waals surface area contributed by atoms with Crippen molar-refractivity contribution in [1.82, 2.24) is 34.3 Å². The maximum Gasteiger partial charge on any atom is 0.264 e. The lowest BCUT2D eigenvalue weighted by Crippen LogP contribution is -2.32. The van der Waals surface area contributed by atoms with E-state index in [-0.39, 0.29) is 16.9 Å². The number of benzene rings is 2. The highest BCUT2D eigenvalue weighted by molar-refractivity contribution is 6.04. The molecule has 206 valence electrons. The van der Waals surface area contributed by atoms with Crippen molar-refractivity contribution >= 4 is 28.1 Å². The van der Waals surface area contributed by atoms with Gasteiger partial charge in [0, 0.05) is 35.4 Å². The fraction of sp³-hybridized carbons (Fsp3) is 0.129. The molecule has 11 nitrogen and oxygen atoms in total. The van der Waals surface area contributed by atoms with E-state index in [1.807, 2.05) is 61.5 Å². The summed E-state index contributed by atoms with van der Waals surface area (Å²) in [5.41, 5.74) is 8.73. The summed E-state index contributed by atoms with van der Waals surface area (Å²) in [5.74, 6) is 6.52. The molecule has 0 aliphatic carbocycles. The summed E-state index contributed by atoms with van der Waals surface area (Å²) in [6, 6.07) is 19.6.